The largest absolute Gasteiger partial charge is 0.310 e. The number of hydrogen-bond acceptors (Lipinski definition) is 1. The van der Waals surface area contributed by atoms with E-state index in [0.717, 1.165) is 0 Å². The van der Waals surface area contributed by atoms with Crippen molar-refractivity contribution in [2.24, 2.45) is 0 Å². The molecule has 0 heterocycles. The van der Waals surface area contributed by atoms with E-state index >= 15 is 0 Å². The summed E-state index contributed by atoms with van der Waals surface area (Å²) in [6.07, 6.45) is 0. The Morgan fingerprint density at radius 1 is 0.356 bits per heavy atom. The number of hydrogen-bond donors (Lipinski definition) is 0. The van der Waals surface area contributed by atoms with Crippen molar-refractivity contribution in [3.8, 4) is 33.4 Å². The molecule has 1 aliphatic rings. The maximum atomic E-state index is 2.42. The Bertz CT molecular complexity index is 2170. The van der Waals surface area contributed by atoms with Gasteiger partial charge >= 0.3 is 0 Å². The van der Waals surface area contributed by atoms with Crippen molar-refractivity contribution >= 4 is 38.6 Å². The molecule has 45 heavy (non-hydrogen) atoms. The standard InChI is InChI=1S/C44H37N/c1-28(2)31-12-8-14-38(21-31)45(39-15-9-13-32(22-39)29(3)4)40-19-18-35-25-42-43-26-36-20-33(30-10-6-5-7-11-30)16-17-34(36)24-41(43)44(42)27-37(35)23-40/h5-29H,1-4H3. The van der Waals surface area contributed by atoms with Crippen molar-refractivity contribution < 1.29 is 0 Å². The third-order valence-electron chi connectivity index (χ3n) is 9.47. The van der Waals surface area contributed by atoms with Crippen molar-refractivity contribution in [1.29, 1.82) is 0 Å². The molecule has 0 amide bonds. The quantitative estimate of drug-likeness (QED) is 0.189. The molecule has 0 aliphatic heterocycles. The molecular formula is C44H37N. The normalized spacial score (nSPS) is 12.0. The van der Waals surface area contributed by atoms with E-state index in [2.05, 4.69) is 172 Å². The average Bonchev–Trinajstić information content (AvgIpc) is 3.07. The fraction of sp³-hybridized carbons (Fsp3) is 0.136. The van der Waals surface area contributed by atoms with Crippen molar-refractivity contribution in [1.82, 2.24) is 0 Å². The Kier molecular flexibility index (Phi) is 6.57. The zero-order chi connectivity index (χ0) is 30.7. The topological polar surface area (TPSA) is 3.24 Å². The zero-order valence-corrected chi connectivity index (χ0v) is 26.4. The van der Waals surface area contributed by atoms with Gasteiger partial charge in [0.2, 0.25) is 0 Å². The minimum atomic E-state index is 0.463. The molecule has 0 N–H and O–H groups in total. The molecule has 0 unspecified atom stereocenters. The lowest BCUT2D eigenvalue weighted by Gasteiger charge is -2.28. The number of fused-ring (bicyclic) bond motifs is 6. The van der Waals surface area contributed by atoms with Crippen LogP contribution in [0.4, 0.5) is 17.1 Å². The van der Waals surface area contributed by atoms with Gasteiger partial charge in [0.25, 0.3) is 0 Å². The van der Waals surface area contributed by atoms with Crippen LogP contribution in [0.15, 0.2) is 140 Å². The maximum absolute atomic E-state index is 2.42. The van der Waals surface area contributed by atoms with Crippen LogP contribution < -0.4 is 4.90 Å². The van der Waals surface area contributed by atoms with E-state index in [4.69, 9.17) is 0 Å². The van der Waals surface area contributed by atoms with Gasteiger partial charge in [0.15, 0.2) is 0 Å². The van der Waals surface area contributed by atoms with Crippen LogP contribution in [0.3, 0.4) is 0 Å². The van der Waals surface area contributed by atoms with Gasteiger partial charge in [-0.05, 0) is 145 Å². The second-order valence-corrected chi connectivity index (χ2v) is 13.1. The molecule has 0 fully saturated rings. The predicted molar refractivity (Wildman–Crippen MR) is 194 cm³/mol. The van der Waals surface area contributed by atoms with E-state index in [1.165, 1.54) is 83.1 Å². The van der Waals surface area contributed by atoms with Gasteiger partial charge < -0.3 is 4.90 Å². The van der Waals surface area contributed by atoms with Crippen molar-refractivity contribution in [3.63, 3.8) is 0 Å². The Balaban J connectivity index is 1.22. The average molecular weight is 580 g/mol. The smallest absolute Gasteiger partial charge is 0.0468 e. The van der Waals surface area contributed by atoms with Gasteiger partial charge in [0.1, 0.15) is 0 Å². The molecule has 1 heteroatoms. The second kappa shape index (κ2) is 10.8. The minimum absolute atomic E-state index is 0.463. The van der Waals surface area contributed by atoms with E-state index in [0.29, 0.717) is 11.8 Å². The summed E-state index contributed by atoms with van der Waals surface area (Å²) < 4.78 is 0. The summed E-state index contributed by atoms with van der Waals surface area (Å²) in [5.74, 6) is 0.927. The van der Waals surface area contributed by atoms with Crippen LogP contribution in [0.1, 0.15) is 50.7 Å². The van der Waals surface area contributed by atoms with Crippen molar-refractivity contribution in [2.45, 2.75) is 39.5 Å². The predicted octanol–water partition coefficient (Wildman–Crippen LogP) is 13.0. The number of benzene rings is 7. The molecule has 0 aromatic heterocycles. The summed E-state index contributed by atoms with van der Waals surface area (Å²) in [7, 11) is 0. The minimum Gasteiger partial charge on any atom is -0.310 e. The summed E-state index contributed by atoms with van der Waals surface area (Å²) in [5.41, 5.74) is 14.2. The summed E-state index contributed by atoms with van der Waals surface area (Å²) in [5, 5.41) is 5.11. The fourth-order valence-electron chi connectivity index (χ4n) is 6.85. The Morgan fingerprint density at radius 3 is 1.40 bits per heavy atom. The van der Waals surface area contributed by atoms with E-state index in [-0.39, 0.29) is 0 Å². The molecule has 8 rings (SSSR count). The Hall–Kier alpha value is -5.14. The Labute approximate surface area is 266 Å². The van der Waals surface area contributed by atoms with Gasteiger partial charge in [-0.2, -0.15) is 0 Å². The molecule has 7 aromatic rings. The highest BCUT2D eigenvalue weighted by molar-refractivity contribution is 6.12. The monoisotopic (exact) mass is 579 g/mol. The van der Waals surface area contributed by atoms with Crippen LogP contribution in [0.5, 0.6) is 0 Å². The van der Waals surface area contributed by atoms with Crippen molar-refractivity contribution in [3.05, 3.63) is 151 Å². The van der Waals surface area contributed by atoms with Gasteiger partial charge in [-0.25, -0.2) is 0 Å². The van der Waals surface area contributed by atoms with E-state index < -0.39 is 0 Å². The summed E-state index contributed by atoms with van der Waals surface area (Å²) in [4.78, 5) is 2.42. The van der Waals surface area contributed by atoms with Crippen LogP contribution in [0, 0.1) is 0 Å². The first kappa shape index (κ1) is 27.4. The lowest BCUT2D eigenvalue weighted by molar-refractivity contribution is 0.864. The van der Waals surface area contributed by atoms with Gasteiger partial charge in [-0.1, -0.05) is 100 Å². The molecule has 1 nitrogen and oxygen atoms in total. The number of rotatable bonds is 6. The molecular weight excluding hydrogens is 542 g/mol. The molecule has 0 spiro atoms. The lowest BCUT2D eigenvalue weighted by Crippen LogP contribution is -2.11. The number of anilines is 3. The van der Waals surface area contributed by atoms with E-state index in [1.807, 2.05) is 0 Å². The zero-order valence-electron chi connectivity index (χ0n) is 26.4. The SMILES string of the molecule is CC(C)c1cccc(N(c2cccc(C(C)C)c2)c2ccc3cc4c(cc3c2)-c2cc3ccc(-c5ccccc5)cc3cc2-4)c1. The molecule has 0 bridgehead atoms. The molecule has 0 radical (unpaired) electrons. The number of nitrogens with zero attached hydrogens (tertiary/aromatic N) is 1. The highest BCUT2D eigenvalue weighted by atomic mass is 15.1. The highest BCUT2D eigenvalue weighted by Gasteiger charge is 2.24. The van der Waals surface area contributed by atoms with Crippen molar-refractivity contribution in [2.75, 3.05) is 4.90 Å². The highest BCUT2D eigenvalue weighted by Crippen LogP contribution is 2.51. The van der Waals surface area contributed by atoms with E-state index in [1.54, 1.807) is 0 Å². The van der Waals surface area contributed by atoms with Gasteiger partial charge in [0.05, 0.1) is 0 Å². The molecule has 0 atom stereocenters. The first-order valence-electron chi connectivity index (χ1n) is 16.1. The van der Waals surface area contributed by atoms with Crippen LogP contribution in [0.25, 0.3) is 54.9 Å². The lowest BCUT2D eigenvalue weighted by atomic mass is 9.77. The first-order valence-corrected chi connectivity index (χ1v) is 16.1. The Morgan fingerprint density at radius 2 is 0.844 bits per heavy atom. The van der Waals surface area contributed by atoms with Crippen LogP contribution in [-0.4, -0.2) is 0 Å². The third-order valence-corrected chi connectivity index (χ3v) is 9.47. The van der Waals surface area contributed by atoms with Crippen LogP contribution >= 0.6 is 0 Å². The fourth-order valence-corrected chi connectivity index (χ4v) is 6.85. The summed E-state index contributed by atoms with van der Waals surface area (Å²) in [6, 6.07) is 52.0. The van der Waals surface area contributed by atoms with Crippen LogP contribution in [-0.2, 0) is 0 Å². The maximum Gasteiger partial charge on any atom is 0.0468 e. The molecule has 7 aromatic carbocycles. The van der Waals surface area contributed by atoms with E-state index in [9.17, 15) is 0 Å². The molecule has 0 saturated heterocycles. The molecule has 218 valence electrons. The first-order chi connectivity index (χ1) is 21.9. The molecule has 1 aliphatic carbocycles. The van der Waals surface area contributed by atoms with Gasteiger partial charge in [-0.15, -0.1) is 0 Å². The third kappa shape index (κ3) is 4.80. The summed E-state index contributed by atoms with van der Waals surface area (Å²) in [6.45, 7) is 9.05. The van der Waals surface area contributed by atoms with Gasteiger partial charge in [0, 0.05) is 17.1 Å². The molecule has 0 saturated carbocycles. The van der Waals surface area contributed by atoms with Crippen LogP contribution in [0.2, 0.25) is 0 Å². The van der Waals surface area contributed by atoms with Gasteiger partial charge in [-0.3, -0.25) is 0 Å². The summed E-state index contributed by atoms with van der Waals surface area (Å²) >= 11 is 0. The second-order valence-electron chi connectivity index (χ2n) is 13.1.